The largest absolute Gasteiger partial charge is 0.321 e. The molecule has 0 bridgehead atoms. The molecule has 1 aliphatic heterocycles. The van der Waals surface area contributed by atoms with Gasteiger partial charge in [0.25, 0.3) is 15.9 Å². The minimum atomic E-state index is -3.88. The number of sulfonamides is 1. The Bertz CT molecular complexity index is 1150. The maximum absolute atomic E-state index is 12.9. The van der Waals surface area contributed by atoms with Gasteiger partial charge in [-0.3, -0.25) is 9.52 Å². The predicted octanol–water partition coefficient (Wildman–Crippen LogP) is 5.59. The highest BCUT2D eigenvalue weighted by Crippen LogP contribution is 2.45. The van der Waals surface area contributed by atoms with Gasteiger partial charge in [0.1, 0.15) is 9.77 Å². The third kappa shape index (κ3) is 4.85. The molecule has 5 nitrogen and oxygen atoms in total. The van der Waals surface area contributed by atoms with E-state index in [1.54, 1.807) is 17.5 Å². The number of anilines is 2. The summed E-state index contributed by atoms with van der Waals surface area (Å²) < 4.78 is 28.6. The lowest BCUT2D eigenvalue weighted by atomic mass is 10.2. The summed E-state index contributed by atoms with van der Waals surface area (Å²) in [6.07, 6.45) is 0. The van der Waals surface area contributed by atoms with E-state index >= 15 is 0 Å². The summed E-state index contributed by atoms with van der Waals surface area (Å²) >= 11 is 4.89. The van der Waals surface area contributed by atoms with Crippen LogP contribution < -0.4 is 10.0 Å². The predicted molar refractivity (Wildman–Crippen MR) is 128 cm³/mol. The quantitative estimate of drug-likeness (QED) is 0.485. The van der Waals surface area contributed by atoms with Crippen LogP contribution in [-0.2, 0) is 10.0 Å². The Labute approximate surface area is 188 Å². The molecule has 3 aromatic rings. The van der Waals surface area contributed by atoms with Gasteiger partial charge in [0.15, 0.2) is 0 Å². The molecule has 1 fully saturated rings. The summed E-state index contributed by atoms with van der Waals surface area (Å²) in [6, 6.07) is 16.2. The van der Waals surface area contributed by atoms with Crippen LogP contribution in [0.5, 0.6) is 0 Å². The van der Waals surface area contributed by atoms with Gasteiger partial charge in [0, 0.05) is 22.9 Å². The molecule has 0 radical (unpaired) electrons. The van der Waals surface area contributed by atoms with Crippen molar-refractivity contribution >= 4 is 62.2 Å². The Hall–Kier alpha value is -1.94. The molecule has 30 heavy (non-hydrogen) atoms. The number of carbonyl (C=O) groups is 1. The first-order chi connectivity index (χ1) is 14.4. The Kier molecular flexibility index (Phi) is 6.43. The maximum atomic E-state index is 12.9. The van der Waals surface area contributed by atoms with Crippen molar-refractivity contribution in [1.29, 1.82) is 0 Å². The highest BCUT2D eigenvalue weighted by molar-refractivity contribution is 8.19. The van der Waals surface area contributed by atoms with Crippen LogP contribution in [-0.4, -0.2) is 25.8 Å². The molecule has 2 aromatic carbocycles. The smallest absolute Gasteiger partial charge is 0.267 e. The van der Waals surface area contributed by atoms with Crippen LogP contribution in [0.2, 0.25) is 0 Å². The summed E-state index contributed by atoms with van der Waals surface area (Å²) in [6.45, 7) is 1.93. The molecular formula is C21H20N2O3S4. The molecule has 1 amide bonds. The molecule has 4 rings (SSSR count). The molecule has 0 spiro atoms. The average molecular weight is 477 g/mol. The second kappa shape index (κ2) is 9.05. The van der Waals surface area contributed by atoms with Gasteiger partial charge in [0.05, 0.1) is 4.58 Å². The molecule has 1 saturated heterocycles. The highest BCUT2D eigenvalue weighted by Gasteiger charge is 2.25. The monoisotopic (exact) mass is 476 g/mol. The first-order valence-corrected chi connectivity index (χ1v) is 13.7. The molecule has 1 aliphatic rings. The summed E-state index contributed by atoms with van der Waals surface area (Å²) in [5, 5.41) is 4.46. The minimum Gasteiger partial charge on any atom is -0.321 e. The van der Waals surface area contributed by atoms with Crippen LogP contribution in [0.15, 0.2) is 64.9 Å². The zero-order valence-electron chi connectivity index (χ0n) is 16.1. The molecule has 0 saturated carbocycles. The molecule has 0 unspecified atom stereocenters. The van der Waals surface area contributed by atoms with Crippen LogP contribution in [0.25, 0.3) is 0 Å². The Balaban J connectivity index is 1.53. The zero-order chi connectivity index (χ0) is 21.1. The van der Waals surface area contributed by atoms with Gasteiger partial charge < -0.3 is 5.32 Å². The van der Waals surface area contributed by atoms with Gasteiger partial charge in [-0.15, -0.1) is 34.9 Å². The number of benzene rings is 2. The summed E-state index contributed by atoms with van der Waals surface area (Å²) in [5.41, 5.74) is 3.30. The van der Waals surface area contributed by atoms with Crippen LogP contribution in [0, 0.1) is 6.92 Å². The molecule has 0 atom stereocenters. The first kappa shape index (κ1) is 21.3. The fraction of sp³-hybridized carbons (Fsp3) is 0.190. The summed E-state index contributed by atoms with van der Waals surface area (Å²) in [7, 11) is -3.88. The summed E-state index contributed by atoms with van der Waals surface area (Å²) in [4.78, 5) is 13.0. The van der Waals surface area contributed by atoms with Gasteiger partial charge in [-0.25, -0.2) is 8.42 Å². The Morgan fingerprint density at radius 3 is 2.47 bits per heavy atom. The van der Waals surface area contributed by atoms with Gasteiger partial charge in [0.2, 0.25) is 0 Å². The third-order valence-corrected chi connectivity index (χ3v) is 10.0. The van der Waals surface area contributed by atoms with E-state index in [0.717, 1.165) is 34.0 Å². The Morgan fingerprint density at radius 1 is 1.00 bits per heavy atom. The third-order valence-electron chi connectivity index (χ3n) is 4.47. The lowest BCUT2D eigenvalue weighted by Gasteiger charge is -2.12. The number of hydrogen-bond acceptors (Lipinski definition) is 6. The van der Waals surface area contributed by atoms with E-state index in [9.17, 15) is 13.2 Å². The maximum Gasteiger partial charge on any atom is 0.267 e. The van der Waals surface area contributed by atoms with Crippen LogP contribution in [0.3, 0.4) is 0 Å². The van der Waals surface area contributed by atoms with Crippen molar-refractivity contribution in [3.05, 3.63) is 76.0 Å². The van der Waals surface area contributed by atoms with E-state index in [0.29, 0.717) is 16.0 Å². The fourth-order valence-corrected chi connectivity index (χ4v) is 8.23. The molecule has 1 aromatic heterocycles. The Morgan fingerprint density at radius 2 is 1.73 bits per heavy atom. The second-order valence-electron chi connectivity index (χ2n) is 6.74. The topological polar surface area (TPSA) is 75.3 Å². The van der Waals surface area contributed by atoms with Gasteiger partial charge in [-0.2, -0.15) is 0 Å². The number of amides is 1. The van der Waals surface area contributed by atoms with E-state index in [1.807, 2.05) is 60.8 Å². The standard InChI is InChI=1S/C21H20N2O3S4/c1-14-5-7-16(8-6-14)23-30(25,26)18-9-10-27-19(18)20(24)22-17-4-2-3-15(13-17)21-28-11-12-29-21/h2-10,13,21,23H,11-12H2,1H3,(H,22,24). The van der Waals surface area contributed by atoms with Crippen molar-refractivity contribution in [2.24, 2.45) is 0 Å². The second-order valence-corrected chi connectivity index (χ2v) is 12.0. The van der Waals surface area contributed by atoms with Gasteiger partial charge in [-0.1, -0.05) is 29.8 Å². The number of rotatable bonds is 6. The zero-order valence-corrected chi connectivity index (χ0v) is 19.4. The number of hydrogen-bond donors (Lipinski definition) is 2. The number of thioether (sulfide) groups is 2. The SMILES string of the molecule is Cc1ccc(NS(=O)(=O)c2ccsc2C(=O)Nc2cccc(C3SCCS3)c2)cc1. The molecular weight excluding hydrogens is 457 g/mol. The van der Waals surface area contributed by atoms with E-state index in [4.69, 9.17) is 0 Å². The molecule has 0 aliphatic carbocycles. The van der Waals surface area contributed by atoms with Crippen molar-refractivity contribution in [3.63, 3.8) is 0 Å². The molecule has 2 heterocycles. The lowest BCUT2D eigenvalue weighted by molar-refractivity contribution is 0.102. The van der Waals surface area contributed by atoms with E-state index in [-0.39, 0.29) is 9.77 Å². The van der Waals surface area contributed by atoms with Crippen molar-refractivity contribution in [1.82, 2.24) is 0 Å². The minimum absolute atomic E-state index is 0.0244. The summed E-state index contributed by atoms with van der Waals surface area (Å²) in [5.74, 6) is 1.81. The number of carbonyl (C=O) groups excluding carboxylic acids is 1. The van der Waals surface area contributed by atoms with E-state index in [2.05, 4.69) is 16.1 Å². The van der Waals surface area contributed by atoms with Crippen molar-refractivity contribution in [2.75, 3.05) is 21.5 Å². The van der Waals surface area contributed by atoms with Crippen LogP contribution in [0.1, 0.15) is 25.4 Å². The number of nitrogens with one attached hydrogen (secondary N) is 2. The van der Waals surface area contributed by atoms with E-state index in [1.165, 1.54) is 6.07 Å². The van der Waals surface area contributed by atoms with Crippen molar-refractivity contribution < 1.29 is 13.2 Å². The molecule has 156 valence electrons. The number of aryl methyl sites for hydroxylation is 1. The lowest BCUT2D eigenvalue weighted by Crippen LogP contribution is -2.18. The van der Waals surface area contributed by atoms with Gasteiger partial charge >= 0.3 is 0 Å². The molecule has 2 N–H and O–H groups in total. The first-order valence-electron chi connectivity index (χ1n) is 9.24. The van der Waals surface area contributed by atoms with Crippen molar-refractivity contribution in [3.8, 4) is 0 Å². The number of thiophene rings is 1. The van der Waals surface area contributed by atoms with Crippen LogP contribution in [0.4, 0.5) is 11.4 Å². The normalized spacial score (nSPS) is 14.6. The van der Waals surface area contributed by atoms with Gasteiger partial charge in [-0.05, 0) is 48.2 Å². The van der Waals surface area contributed by atoms with E-state index < -0.39 is 15.9 Å². The van der Waals surface area contributed by atoms with Crippen molar-refractivity contribution in [2.45, 2.75) is 16.4 Å². The fourth-order valence-electron chi connectivity index (χ4n) is 3.01. The molecule has 9 heteroatoms. The highest BCUT2D eigenvalue weighted by atomic mass is 32.2. The average Bonchev–Trinajstić information content (AvgIpc) is 3.42. The van der Waals surface area contributed by atoms with Crippen LogP contribution >= 0.6 is 34.9 Å².